The van der Waals surface area contributed by atoms with E-state index in [-0.39, 0.29) is 12.6 Å². The van der Waals surface area contributed by atoms with E-state index >= 15 is 0 Å². The number of urea groups is 1. The Morgan fingerprint density at radius 1 is 1.00 bits per heavy atom. The predicted molar refractivity (Wildman–Crippen MR) is 99.5 cm³/mol. The van der Waals surface area contributed by atoms with Gasteiger partial charge in [0.15, 0.2) is 0 Å². The molecule has 0 aliphatic rings. The molecule has 0 bridgehead atoms. The third kappa shape index (κ3) is 6.52. The van der Waals surface area contributed by atoms with Crippen molar-refractivity contribution >= 4 is 46.7 Å². The zero-order valence-corrected chi connectivity index (χ0v) is 14.9. The predicted octanol–water partition coefficient (Wildman–Crippen LogP) is 4.75. The van der Waals surface area contributed by atoms with Gasteiger partial charge in [0.05, 0.1) is 16.6 Å². The van der Waals surface area contributed by atoms with Crippen molar-refractivity contribution in [1.82, 2.24) is 5.32 Å². The summed E-state index contributed by atoms with van der Waals surface area (Å²) in [6, 6.07) is 13.3. The normalized spacial score (nSPS) is 11.3. The first kappa shape index (κ1) is 18.9. The molecule has 0 aliphatic carbocycles. The molecule has 0 saturated carbocycles. The number of carbonyl (C=O) groups is 2. The third-order valence-electron chi connectivity index (χ3n) is 3.06. The standard InChI is InChI=1S/C17H17Cl2N3O3/c1-11(10-20-16(23)21-12-5-3-2-4-6-12)25-17(24)22-13-7-8-14(18)15(19)9-13/h2-9,11H,10H2,1H3,(H,22,24)(H2,20,21,23)/t11-/m1/s1. The first-order valence-corrected chi connectivity index (χ1v) is 8.22. The Hall–Kier alpha value is -2.44. The van der Waals surface area contributed by atoms with Crippen LogP contribution in [0.5, 0.6) is 0 Å². The fourth-order valence-electron chi connectivity index (χ4n) is 1.88. The average molecular weight is 382 g/mol. The fraction of sp³-hybridized carbons (Fsp3) is 0.176. The van der Waals surface area contributed by atoms with E-state index in [9.17, 15) is 9.59 Å². The van der Waals surface area contributed by atoms with E-state index in [1.807, 2.05) is 18.2 Å². The van der Waals surface area contributed by atoms with Gasteiger partial charge < -0.3 is 15.4 Å². The molecule has 0 heterocycles. The van der Waals surface area contributed by atoms with E-state index in [1.54, 1.807) is 31.2 Å². The number of nitrogens with one attached hydrogen (secondary N) is 3. The number of amides is 3. The molecule has 2 aromatic rings. The van der Waals surface area contributed by atoms with Crippen LogP contribution in [0.25, 0.3) is 0 Å². The van der Waals surface area contributed by atoms with Gasteiger partial charge in [0.2, 0.25) is 0 Å². The van der Waals surface area contributed by atoms with E-state index in [0.717, 1.165) is 0 Å². The number of carbonyl (C=O) groups excluding carboxylic acids is 2. The quantitative estimate of drug-likeness (QED) is 0.698. The lowest BCUT2D eigenvalue weighted by Gasteiger charge is -2.15. The van der Waals surface area contributed by atoms with Gasteiger partial charge in [-0.25, -0.2) is 9.59 Å². The van der Waals surface area contributed by atoms with Crippen molar-refractivity contribution in [3.8, 4) is 0 Å². The Morgan fingerprint density at radius 3 is 2.40 bits per heavy atom. The molecule has 6 nitrogen and oxygen atoms in total. The first-order chi connectivity index (χ1) is 11.9. The van der Waals surface area contributed by atoms with Crippen molar-refractivity contribution in [3.05, 3.63) is 58.6 Å². The van der Waals surface area contributed by atoms with E-state index in [1.165, 1.54) is 6.07 Å². The highest BCUT2D eigenvalue weighted by molar-refractivity contribution is 6.42. The van der Waals surface area contributed by atoms with Crippen molar-refractivity contribution in [1.29, 1.82) is 0 Å². The van der Waals surface area contributed by atoms with Gasteiger partial charge in [0.1, 0.15) is 6.10 Å². The minimum Gasteiger partial charge on any atom is -0.444 e. The molecular formula is C17H17Cl2N3O3. The SMILES string of the molecule is C[C@H](CNC(=O)Nc1ccccc1)OC(=O)Nc1ccc(Cl)c(Cl)c1. The summed E-state index contributed by atoms with van der Waals surface area (Å²) in [6.07, 6.45) is -1.18. The Morgan fingerprint density at radius 2 is 1.72 bits per heavy atom. The van der Waals surface area contributed by atoms with Gasteiger partial charge in [-0.1, -0.05) is 41.4 Å². The second kappa shape index (κ2) is 9.15. The summed E-state index contributed by atoms with van der Waals surface area (Å²) >= 11 is 11.7. The summed E-state index contributed by atoms with van der Waals surface area (Å²) < 4.78 is 5.16. The maximum Gasteiger partial charge on any atom is 0.411 e. The number of hydrogen-bond donors (Lipinski definition) is 3. The monoisotopic (exact) mass is 381 g/mol. The first-order valence-electron chi connectivity index (χ1n) is 7.46. The summed E-state index contributed by atoms with van der Waals surface area (Å²) in [5, 5.41) is 8.54. The minimum absolute atomic E-state index is 0.160. The molecule has 0 aromatic heterocycles. The second-order valence-corrected chi connectivity index (χ2v) is 5.99. The van der Waals surface area contributed by atoms with E-state index in [2.05, 4.69) is 16.0 Å². The fourth-order valence-corrected chi connectivity index (χ4v) is 2.18. The van der Waals surface area contributed by atoms with Crippen molar-refractivity contribution in [2.75, 3.05) is 17.2 Å². The number of rotatable bonds is 5. The maximum atomic E-state index is 11.8. The molecule has 3 amide bonds. The molecule has 0 radical (unpaired) electrons. The second-order valence-electron chi connectivity index (χ2n) is 5.17. The summed E-state index contributed by atoms with van der Waals surface area (Å²) in [6.45, 7) is 1.82. The number of hydrogen-bond acceptors (Lipinski definition) is 3. The van der Waals surface area contributed by atoms with Crippen LogP contribution in [0.15, 0.2) is 48.5 Å². The number of para-hydroxylation sites is 1. The van der Waals surface area contributed by atoms with Crippen LogP contribution < -0.4 is 16.0 Å². The molecule has 1 atom stereocenters. The molecule has 0 unspecified atom stereocenters. The number of ether oxygens (including phenoxy) is 1. The molecule has 8 heteroatoms. The number of benzene rings is 2. The lowest BCUT2D eigenvalue weighted by molar-refractivity contribution is 0.120. The van der Waals surface area contributed by atoms with Crippen LogP contribution >= 0.6 is 23.2 Å². The van der Waals surface area contributed by atoms with Crippen LogP contribution in [0.4, 0.5) is 21.0 Å². The lowest BCUT2D eigenvalue weighted by atomic mass is 10.3. The van der Waals surface area contributed by atoms with E-state index in [4.69, 9.17) is 27.9 Å². The lowest BCUT2D eigenvalue weighted by Crippen LogP contribution is -2.36. The summed E-state index contributed by atoms with van der Waals surface area (Å²) in [4.78, 5) is 23.6. The third-order valence-corrected chi connectivity index (χ3v) is 3.79. The Balaban J connectivity index is 1.73. The van der Waals surface area contributed by atoms with Crippen LogP contribution in [0.3, 0.4) is 0 Å². The van der Waals surface area contributed by atoms with E-state index < -0.39 is 12.2 Å². The van der Waals surface area contributed by atoms with Gasteiger partial charge in [-0.3, -0.25) is 5.32 Å². The van der Waals surface area contributed by atoms with Crippen LogP contribution in [0, 0.1) is 0 Å². The molecule has 0 saturated heterocycles. The van der Waals surface area contributed by atoms with Gasteiger partial charge in [0.25, 0.3) is 0 Å². The van der Waals surface area contributed by atoms with Crippen molar-refractivity contribution in [3.63, 3.8) is 0 Å². The van der Waals surface area contributed by atoms with Crippen LogP contribution in [0.1, 0.15) is 6.92 Å². The Kier molecular flexibility index (Phi) is 6.91. The summed E-state index contributed by atoms with van der Waals surface area (Å²) in [7, 11) is 0. The highest BCUT2D eigenvalue weighted by atomic mass is 35.5. The zero-order valence-electron chi connectivity index (χ0n) is 13.4. The molecule has 0 fully saturated rings. The van der Waals surface area contributed by atoms with Crippen molar-refractivity contribution in [2.45, 2.75) is 13.0 Å². The van der Waals surface area contributed by atoms with Crippen molar-refractivity contribution in [2.24, 2.45) is 0 Å². The van der Waals surface area contributed by atoms with Gasteiger partial charge >= 0.3 is 12.1 Å². The topological polar surface area (TPSA) is 79.5 Å². The minimum atomic E-state index is -0.656. The smallest absolute Gasteiger partial charge is 0.411 e. The molecule has 2 rings (SSSR count). The van der Waals surface area contributed by atoms with Gasteiger partial charge in [-0.05, 0) is 37.3 Å². The number of anilines is 2. The van der Waals surface area contributed by atoms with E-state index in [0.29, 0.717) is 21.4 Å². The molecule has 132 valence electrons. The highest BCUT2D eigenvalue weighted by Crippen LogP contribution is 2.25. The Bertz CT molecular complexity index is 741. The highest BCUT2D eigenvalue weighted by Gasteiger charge is 2.12. The van der Waals surface area contributed by atoms with Gasteiger partial charge in [-0.15, -0.1) is 0 Å². The van der Waals surface area contributed by atoms with Crippen LogP contribution in [0.2, 0.25) is 10.0 Å². The molecule has 0 aliphatic heterocycles. The summed E-state index contributed by atoms with van der Waals surface area (Å²) in [5.41, 5.74) is 1.13. The largest absolute Gasteiger partial charge is 0.444 e. The Labute approximate surface area is 155 Å². The molecule has 3 N–H and O–H groups in total. The number of halogens is 2. The average Bonchev–Trinajstić information content (AvgIpc) is 2.57. The summed E-state index contributed by atoms with van der Waals surface area (Å²) in [5.74, 6) is 0. The molecular weight excluding hydrogens is 365 g/mol. The van der Waals surface area contributed by atoms with Crippen LogP contribution in [-0.2, 0) is 4.74 Å². The maximum absolute atomic E-state index is 11.8. The molecule has 0 spiro atoms. The zero-order chi connectivity index (χ0) is 18.2. The molecule has 25 heavy (non-hydrogen) atoms. The van der Waals surface area contributed by atoms with Gasteiger partial charge in [-0.2, -0.15) is 0 Å². The molecule has 2 aromatic carbocycles. The van der Waals surface area contributed by atoms with Crippen LogP contribution in [-0.4, -0.2) is 24.8 Å². The van der Waals surface area contributed by atoms with Gasteiger partial charge in [0, 0.05) is 11.4 Å². The van der Waals surface area contributed by atoms with Crippen molar-refractivity contribution < 1.29 is 14.3 Å².